The van der Waals surface area contributed by atoms with E-state index in [4.69, 9.17) is 9.47 Å². The molecule has 0 N–H and O–H groups in total. The van der Waals surface area contributed by atoms with Crippen LogP contribution in [0, 0.1) is 5.92 Å². The summed E-state index contributed by atoms with van der Waals surface area (Å²) in [5, 5.41) is 0.204. The van der Waals surface area contributed by atoms with E-state index in [9.17, 15) is 9.59 Å². The minimum Gasteiger partial charge on any atom is -0.466 e. The summed E-state index contributed by atoms with van der Waals surface area (Å²) in [4.78, 5) is 23.7. The number of carbonyl (C=O) groups excluding carboxylic acids is 2. The Morgan fingerprint density at radius 2 is 1.95 bits per heavy atom. The molecule has 1 aromatic rings. The lowest BCUT2D eigenvalue weighted by molar-refractivity contribution is -0.144. The highest BCUT2D eigenvalue weighted by atomic mass is 32.2. The summed E-state index contributed by atoms with van der Waals surface area (Å²) in [6.07, 6.45) is 0.637. The van der Waals surface area contributed by atoms with Crippen molar-refractivity contribution in [3.05, 3.63) is 35.4 Å². The molecule has 0 spiro atoms. The van der Waals surface area contributed by atoms with E-state index in [0.29, 0.717) is 6.61 Å². The van der Waals surface area contributed by atoms with Gasteiger partial charge in [0.15, 0.2) is 5.12 Å². The van der Waals surface area contributed by atoms with E-state index in [1.807, 2.05) is 31.2 Å². The maximum absolute atomic E-state index is 11.9. The molecule has 0 radical (unpaired) electrons. The molecule has 2 rings (SSSR count). The van der Waals surface area contributed by atoms with Gasteiger partial charge < -0.3 is 9.47 Å². The van der Waals surface area contributed by atoms with E-state index >= 15 is 0 Å². The highest BCUT2D eigenvalue weighted by Crippen LogP contribution is 2.37. The lowest BCUT2D eigenvalue weighted by Crippen LogP contribution is -2.18. The average Bonchev–Trinajstić information content (AvgIpc) is 2.94. The van der Waals surface area contributed by atoms with Crippen LogP contribution < -0.4 is 0 Å². The van der Waals surface area contributed by atoms with Crippen LogP contribution in [0.5, 0.6) is 0 Å². The van der Waals surface area contributed by atoms with E-state index in [2.05, 4.69) is 0 Å². The third-order valence-electron chi connectivity index (χ3n) is 4.00. The van der Waals surface area contributed by atoms with Crippen molar-refractivity contribution < 1.29 is 19.1 Å². The van der Waals surface area contributed by atoms with Crippen molar-refractivity contribution in [3.8, 4) is 0 Å². The lowest BCUT2D eigenvalue weighted by Gasteiger charge is -2.21. The molecule has 1 heterocycles. The zero-order valence-electron chi connectivity index (χ0n) is 13.2. The number of ether oxygens (including phenoxy) is 2. The quantitative estimate of drug-likeness (QED) is 0.752. The minimum absolute atomic E-state index is 0.0802. The topological polar surface area (TPSA) is 52.6 Å². The normalized spacial score (nSPS) is 20.7. The summed E-state index contributed by atoms with van der Waals surface area (Å²) >= 11 is 1.38. The van der Waals surface area contributed by atoms with Gasteiger partial charge in [0.25, 0.3) is 0 Å². The average molecular weight is 322 g/mol. The maximum atomic E-state index is 11.9. The molecule has 0 aliphatic carbocycles. The standard InChI is InChI=1S/C17H22O4S/c1-4-21-16(18)11(2)12-5-7-13(8-6-12)15(20-3)14-9-10-22-17(14)19/h5-8,11,14-15H,4,9-10H2,1-3H3. The third-order valence-corrected chi connectivity index (χ3v) is 5.03. The Balaban J connectivity index is 2.13. The Morgan fingerprint density at radius 3 is 2.45 bits per heavy atom. The molecule has 1 aromatic carbocycles. The summed E-state index contributed by atoms with van der Waals surface area (Å²) in [7, 11) is 1.64. The van der Waals surface area contributed by atoms with Gasteiger partial charge in [-0.3, -0.25) is 9.59 Å². The number of hydrogen-bond acceptors (Lipinski definition) is 5. The second-order valence-electron chi connectivity index (χ2n) is 5.36. The highest BCUT2D eigenvalue weighted by Gasteiger charge is 2.34. The van der Waals surface area contributed by atoms with Crippen LogP contribution in [-0.4, -0.2) is 30.6 Å². The Bertz CT molecular complexity index is 526. The van der Waals surface area contributed by atoms with Gasteiger partial charge in [-0.15, -0.1) is 0 Å². The van der Waals surface area contributed by atoms with E-state index in [1.165, 1.54) is 11.8 Å². The van der Waals surface area contributed by atoms with Crippen LogP contribution in [0.25, 0.3) is 0 Å². The highest BCUT2D eigenvalue weighted by molar-refractivity contribution is 8.14. The van der Waals surface area contributed by atoms with Gasteiger partial charge in [-0.1, -0.05) is 36.0 Å². The molecule has 120 valence electrons. The number of thioether (sulfide) groups is 1. The lowest BCUT2D eigenvalue weighted by atomic mass is 9.92. The molecule has 3 unspecified atom stereocenters. The number of esters is 1. The Hall–Kier alpha value is -1.33. The van der Waals surface area contributed by atoms with Gasteiger partial charge in [0.1, 0.15) is 0 Å². The van der Waals surface area contributed by atoms with Crippen LogP contribution in [0.15, 0.2) is 24.3 Å². The largest absolute Gasteiger partial charge is 0.466 e. The fraction of sp³-hybridized carbons (Fsp3) is 0.529. The van der Waals surface area contributed by atoms with Crippen molar-refractivity contribution in [2.75, 3.05) is 19.5 Å². The molecule has 0 amide bonds. The maximum Gasteiger partial charge on any atom is 0.313 e. The Morgan fingerprint density at radius 1 is 1.32 bits per heavy atom. The van der Waals surface area contributed by atoms with Crippen LogP contribution in [0.2, 0.25) is 0 Å². The first-order chi connectivity index (χ1) is 10.6. The van der Waals surface area contributed by atoms with Crippen LogP contribution in [0.4, 0.5) is 0 Å². The van der Waals surface area contributed by atoms with Gasteiger partial charge >= 0.3 is 5.97 Å². The number of methoxy groups -OCH3 is 1. The summed E-state index contributed by atoms with van der Waals surface area (Å²) in [5.74, 6) is 0.268. The molecular formula is C17H22O4S. The van der Waals surface area contributed by atoms with Crippen molar-refractivity contribution in [2.24, 2.45) is 5.92 Å². The molecule has 0 saturated carbocycles. The number of benzene rings is 1. The van der Waals surface area contributed by atoms with Gasteiger partial charge in [-0.2, -0.15) is 0 Å². The molecule has 5 heteroatoms. The van der Waals surface area contributed by atoms with Gasteiger partial charge in [0, 0.05) is 12.9 Å². The molecule has 1 aliphatic heterocycles. The summed E-state index contributed by atoms with van der Waals surface area (Å²) in [5.41, 5.74) is 1.88. The summed E-state index contributed by atoms with van der Waals surface area (Å²) < 4.78 is 10.6. The number of rotatable bonds is 6. The molecule has 0 bridgehead atoms. The van der Waals surface area contributed by atoms with Crippen molar-refractivity contribution in [1.82, 2.24) is 0 Å². The Labute approximate surface area is 135 Å². The summed E-state index contributed by atoms with van der Waals surface area (Å²) in [6, 6.07) is 7.70. The minimum atomic E-state index is -0.293. The smallest absolute Gasteiger partial charge is 0.313 e. The predicted octanol–water partition coefficient (Wildman–Crippen LogP) is 3.32. The molecule has 0 aromatic heterocycles. The van der Waals surface area contributed by atoms with Crippen LogP contribution in [0.1, 0.15) is 43.4 Å². The SMILES string of the molecule is CCOC(=O)C(C)c1ccc(C(OC)C2CCSC2=O)cc1. The molecule has 1 fully saturated rings. The first-order valence-electron chi connectivity index (χ1n) is 7.54. The van der Waals surface area contributed by atoms with Gasteiger partial charge in [0.05, 0.1) is 24.5 Å². The fourth-order valence-electron chi connectivity index (χ4n) is 2.70. The summed E-state index contributed by atoms with van der Waals surface area (Å²) in [6.45, 7) is 4.01. The van der Waals surface area contributed by atoms with E-state index < -0.39 is 0 Å². The number of hydrogen-bond donors (Lipinski definition) is 0. The van der Waals surface area contributed by atoms with Gasteiger partial charge in [-0.25, -0.2) is 0 Å². The number of carbonyl (C=O) groups is 2. The molecular weight excluding hydrogens is 300 g/mol. The zero-order valence-corrected chi connectivity index (χ0v) is 14.0. The van der Waals surface area contributed by atoms with Crippen LogP contribution in [0.3, 0.4) is 0 Å². The van der Waals surface area contributed by atoms with Gasteiger partial charge in [0.2, 0.25) is 0 Å². The fourth-order valence-corrected chi connectivity index (χ4v) is 3.73. The second kappa shape index (κ2) is 7.79. The van der Waals surface area contributed by atoms with Crippen molar-refractivity contribution in [2.45, 2.75) is 32.3 Å². The van der Waals surface area contributed by atoms with Crippen molar-refractivity contribution in [3.63, 3.8) is 0 Å². The molecule has 1 aliphatic rings. The van der Waals surface area contributed by atoms with E-state index in [1.54, 1.807) is 14.0 Å². The third kappa shape index (κ3) is 3.70. The zero-order chi connectivity index (χ0) is 16.1. The molecule has 3 atom stereocenters. The van der Waals surface area contributed by atoms with Crippen LogP contribution in [-0.2, 0) is 19.1 Å². The van der Waals surface area contributed by atoms with Crippen molar-refractivity contribution in [1.29, 1.82) is 0 Å². The van der Waals surface area contributed by atoms with Crippen molar-refractivity contribution >= 4 is 22.8 Å². The monoisotopic (exact) mass is 322 g/mol. The van der Waals surface area contributed by atoms with Crippen LogP contribution >= 0.6 is 11.8 Å². The predicted molar refractivity (Wildman–Crippen MR) is 86.8 cm³/mol. The second-order valence-corrected chi connectivity index (χ2v) is 6.46. The molecule has 22 heavy (non-hydrogen) atoms. The first kappa shape index (κ1) is 17.0. The van der Waals surface area contributed by atoms with Gasteiger partial charge in [-0.05, 0) is 31.4 Å². The Kier molecular flexibility index (Phi) is 6.03. The molecule has 1 saturated heterocycles. The van der Waals surface area contributed by atoms with E-state index in [-0.39, 0.29) is 29.0 Å². The molecule has 4 nitrogen and oxygen atoms in total. The first-order valence-corrected chi connectivity index (χ1v) is 8.53. The van der Waals surface area contributed by atoms with E-state index in [0.717, 1.165) is 23.3 Å².